The fourth-order valence-electron chi connectivity index (χ4n) is 3.69. The number of nitrogens with zero attached hydrogens (tertiary/aromatic N) is 1. The molecule has 2 aliphatic heterocycles. The zero-order chi connectivity index (χ0) is 17.2. The second kappa shape index (κ2) is 6.86. The number of anilines is 3. The molecule has 4 rings (SSSR count). The lowest BCUT2D eigenvalue weighted by Crippen LogP contribution is -2.30. The standard InChI is InChI=1S/C20H23N3O2/c21-13-15-9-10-19(25-15)20(24)22-16-6-2-4-8-18(16)23-12-11-14-5-1-3-7-17(14)23/h1-8,15,19H,9-13,21H2,(H,22,24)/t15-,19+/m1/s1. The van der Waals surface area contributed by atoms with Crippen LogP contribution in [0.5, 0.6) is 0 Å². The smallest absolute Gasteiger partial charge is 0.253 e. The summed E-state index contributed by atoms with van der Waals surface area (Å²) in [5.41, 5.74) is 10.0. The number of para-hydroxylation sites is 3. The SMILES string of the molecule is NC[C@H]1CC[C@@H](C(=O)Nc2ccccc2N2CCc3ccccc32)O1. The Bertz CT molecular complexity index is 777. The van der Waals surface area contributed by atoms with Crippen molar-refractivity contribution < 1.29 is 9.53 Å². The first-order valence-corrected chi connectivity index (χ1v) is 8.87. The molecule has 1 amide bonds. The van der Waals surface area contributed by atoms with Gasteiger partial charge in [-0.05, 0) is 43.0 Å². The minimum Gasteiger partial charge on any atom is -0.364 e. The summed E-state index contributed by atoms with van der Waals surface area (Å²) in [4.78, 5) is 14.9. The van der Waals surface area contributed by atoms with E-state index in [1.807, 2.05) is 18.2 Å². The van der Waals surface area contributed by atoms with Gasteiger partial charge in [0.2, 0.25) is 0 Å². The monoisotopic (exact) mass is 337 g/mol. The van der Waals surface area contributed by atoms with E-state index in [1.165, 1.54) is 11.3 Å². The average Bonchev–Trinajstić information content (AvgIpc) is 3.29. The van der Waals surface area contributed by atoms with Crippen LogP contribution in [0.1, 0.15) is 18.4 Å². The second-order valence-electron chi connectivity index (χ2n) is 6.60. The Balaban J connectivity index is 1.55. The number of hydrogen-bond donors (Lipinski definition) is 2. The van der Waals surface area contributed by atoms with Gasteiger partial charge in [0.25, 0.3) is 5.91 Å². The highest BCUT2D eigenvalue weighted by Gasteiger charge is 2.30. The van der Waals surface area contributed by atoms with E-state index in [0.29, 0.717) is 6.54 Å². The number of nitrogens with one attached hydrogen (secondary N) is 1. The lowest BCUT2D eigenvalue weighted by molar-refractivity contribution is -0.126. The maximum atomic E-state index is 12.6. The summed E-state index contributed by atoms with van der Waals surface area (Å²) in [6.07, 6.45) is 2.17. The third-order valence-corrected chi connectivity index (χ3v) is 5.00. The summed E-state index contributed by atoms with van der Waals surface area (Å²) in [7, 11) is 0. The molecule has 2 heterocycles. The largest absolute Gasteiger partial charge is 0.364 e. The van der Waals surface area contributed by atoms with Crippen LogP contribution in [0, 0.1) is 0 Å². The third kappa shape index (κ3) is 3.13. The number of nitrogens with two attached hydrogens (primary N) is 1. The molecule has 5 nitrogen and oxygen atoms in total. The van der Waals surface area contributed by atoms with Gasteiger partial charge >= 0.3 is 0 Å². The van der Waals surface area contributed by atoms with Crippen molar-refractivity contribution >= 4 is 23.0 Å². The summed E-state index contributed by atoms with van der Waals surface area (Å²) in [6, 6.07) is 16.4. The van der Waals surface area contributed by atoms with Crippen molar-refractivity contribution in [3.05, 3.63) is 54.1 Å². The van der Waals surface area contributed by atoms with Gasteiger partial charge in [0.1, 0.15) is 6.10 Å². The zero-order valence-corrected chi connectivity index (χ0v) is 14.2. The van der Waals surface area contributed by atoms with Gasteiger partial charge in [-0.15, -0.1) is 0 Å². The third-order valence-electron chi connectivity index (χ3n) is 5.00. The molecule has 0 aliphatic carbocycles. The van der Waals surface area contributed by atoms with E-state index in [4.69, 9.17) is 10.5 Å². The number of rotatable bonds is 4. The predicted molar refractivity (Wildman–Crippen MR) is 99.2 cm³/mol. The van der Waals surface area contributed by atoms with Gasteiger partial charge in [0.05, 0.1) is 17.5 Å². The fourth-order valence-corrected chi connectivity index (χ4v) is 3.69. The quantitative estimate of drug-likeness (QED) is 0.900. The molecule has 1 saturated heterocycles. The molecule has 1 fully saturated rings. The van der Waals surface area contributed by atoms with Crippen molar-refractivity contribution in [2.45, 2.75) is 31.5 Å². The Morgan fingerprint density at radius 3 is 2.68 bits per heavy atom. The van der Waals surface area contributed by atoms with Crippen LogP contribution in [0.25, 0.3) is 0 Å². The molecule has 5 heteroatoms. The Morgan fingerprint density at radius 1 is 1.12 bits per heavy atom. The predicted octanol–water partition coefficient (Wildman–Crippen LogP) is 2.83. The molecular weight excluding hydrogens is 314 g/mol. The highest BCUT2D eigenvalue weighted by Crippen LogP contribution is 2.38. The summed E-state index contributed by atoms with van der Waals surface area (Å²) in [6.45, 7) is 1.38. The van der Waals surface area contributed by atoms with E-state index >= 15 is 0 Å². The number of ether oxygens (including phenoxy) is 1. The van der Waals surface area contributed by atoms with Gasteiger partial charge in [0, 0.05) is 18.8 Å². The van der Waals surface area contributed by atoms with Crippen LogP contribution in [0.15, 0.2) is 48.5 Å². The maximum absolute atomic E-state index is 12.6. The summed E-state index contributed by atoms with van der Waals surface area (Å²) >= 11 is 0. The van der Waals surface area contributed by atoms with Crippen molar-refractivity contribution in [3.8, 4) is 0 Å². The Morgan fingerprint density at radius 2 is 1.88 bits per heavy atom. The summed E-state index contributed by atoms with van der Waals surface area (Å²) in [5.74, 6) is -0.0871. The summed E-state index contributed by atoms with van der Waals surface area (Å²) < 4.78 is 5.72. The van der Waals surface area contributed by atoms with Gasteiger partial charge < -0.3 is 20.7 Å². The molecule has 2 atom stereocenters. The Hall–Kier alpha value is -2.37. The number of hydrogen-bond acceptors (Lipinski definition) is 4. The van der Waals surface area contributed by atoms with Crippen LogP contribution in [0.3, 0.4) is 0 Å². The molecule has 0 radical (unpaired) electrons. The molecule has 130 valence electrons. The molecule has 25 heavy (non-hydrogen) atoms. The highest BCUT2D eigenvalue weighted by molar-refractivity contribution is 5.98. The zero-order valence-electron chi connectivity index (χ0n) is 14.2. The number of carbonyl (C=O) groups is 1. The van der Waals surface area contributed by atoms with Gasteiger partial charge in [-0.3, -0.25) is 4.79 Å². The van der Waals surface area contributed by atoms with Crippen molar-refractivity contribution in [2.24, 2.45) is 5.73 Å². The molecule has 3 N–H and O–H groups in total. The summed E-state index contributed by atoms with van der Waals surface area (Å²) in [5, 5.41) is 3.06. The molecule has 0 aromatic heterocycles. The first-order chi connectivity index (χ1) is 12.3. The van der Waals surface area contributed by atoms with Gasteiger partial charge in [0.15, 0.2) is 0 Å². The van der Waals surface area contributed by atoms with E-state index < -0.39 is 6.10 Å². The molecule has 0 saturated carbocycles. The molecule has 2 aliphatic rings. The lowest BCUT2D eigenvalue weighted by atomic mass is 10.1. The molecule has 2 aromatic rings. The van der Waals surface area contributed by atoms with E-state index in [9.17, 15) is 4.79 Å². The van der Waals surface area contributed by atoms with Crippen LogP contribution in [-0.4, -0.2) is 31.2 Å². The van der Waals surface area contributed by atoms with Crippen molar-refractivity contribution in [2.75, 3.05) is 23.3 Å². The maximum Gasteiger partial charge on any atom is 0.253 e. The van der Waals surface area contributed by atoms with Crippen molar-refractivity contribution in [3.63, 3.8) is 0 Å². The first kappa shape index (κ1) is 16.1. The van der Waals surface area contributed by atoms with Crippen LogP contribution in [-0.2, 0) is 16.0 Å². The van der Waals surface area contributed by atoms with E-state index in [2.05, 4.69) is 40.5 Å². The van der Waals surface area contributed by atoms with E-state index in [0.717, 1.165) is 37.2 Å². The van der Waals surface area contributed by atoms with Crippen molar-refractivity contribution in [1.29, 1.82) is 0 Å². The first-order valence-electron chi connectivity index (χ1n) is 8.87. The number of fused-ring (bicyclic) bond motifs is 1. The molecule has 0 bridgehead atoms. The van der Waals surface area contributed by atoms with Crippen molar-refractivity contribution in [1.82, 2.24) is 0 Å². The van der Waals surface area contributed by atoms with Gasteiger partial charge in [-0.1, -0.05) is 30.3 Å². The lowest BCUT2D eigenvalue weighted by Gasteiger charge is -2.23. The van der Waals surface area contributed by atoms with Gasteiger partial charge in [-0.2, -0.15) is 0 Å². The highest BCUT2D eigenvalue weighted by atomic mass is 16.5. The van der Waals surface area contributed by atoms with E-state index in [-0.39, 0.29) is 12.0 Å². The molecule has 0 spiro atoms. The minimum atomic E-state index is -0.410. The van der Waals surface area contributed by atoms with Crippen LogP contribution in [0.2, 0.25) is 0 Å². The average molecular weight is 337 g/mol. The van der Waals surface area contributed by atoms with Gasteiger partial charge in [-0.25, -0.2) is 0 Å². The normalized spacial score (nSPS) is 22.0. The van der Waals surface area contributed by atoms with E-state index in [1.54, 1.807) is 0 Å². The second-order valence-corrected chi connectivity index (χ2v) is 6.60. The Kier molecular flexibility index (Phi) is 4.42. The molecule has 2 aromatic carbocycles. The number of amides is 1. The van der Waals surface area contributed by atoms with Crippen LogP contribution >= 0.6 is 0 Å². The Labute approximate surface area is 147 Å². The topological polar surface area (TPSA) is 67.6 Å². The number of carbonyl (C=O) groups excluding carboxylic acids is 1. The molecule has 0 unspecified atom stereocenters. The van der Waals surface area contributed by atoms with Crippen LogP contribution in [0.4, 0.5) is 17.1 Å². The van der Waals surface area contributed by atoms with Crippen LogP contribution < -0.4 is 16.0 Å². The number of benzene rings is 2. The minimum absolute atomic E-state index is 0.00328. The molecular formula is C20H23N3O2. The fraction of sp³-hybridized carbons (Fsp3) is 0.350.